The second-order valence-electron chi connectivity index (χ2n) is 7.91. The lowest BCUT2D eigenvalue weighted by Crippen LogP contribution is -2.35. The van der Waals surface area contributed by atoms with E-state index in [1.165, 1.54) is 0 Å². The number of carbonyl (C=O) groups excluding carboxylic acids is 1. The first-order chi connectivity index (χ1) is 13.6. The van der Waals surface area contributed by atoms with Crippen LogP contribution in [0.2, 0.25) is 0 Å². The second kappa shape index (κ2) is 14.8. The van der Waals surface area contributed by atoms with Gasteiger partial charge in [0.05, 0.1) is 12.7 Å². The van der Waals surface area contributed by atoms with Crippen LogP contribution in [0.4, 0.5) is 0 Å². The molecule has 0 aliphatic heterocycles. The minimum Gasteiger partial charge on any atom is -0.394 e. The van der Waals surface area contributed by atoms with Gasteiger partial charge < -0.3 is 15.5 Å². The van der Waals surface area contributed by atoms with Gasteiger partial charge in [0.15, 0.2) is 0 Å². The lowest BCUT2D eigenvalue weighted by atomic mass is 9.94. The minimum absolute atomic E-state index is 0.0475. The van der Waals surface area contributed by atoms with Crippen LogP contribution >= 0.6 is 0 Å². The third-order valence-electron chi connectivity index (χ3n) is 4.25. The predicted octanol–water partition coefficient (Wildman–Crippen LogP) is 4.64. The van der Waals surface area contributed by atoms with Gasteiger partial charge in [0.1, 0.15) is 0 Å². The molecule has 0 saturated carbocycles. The van der Waals surface area contributed by atoms with Crippen LogP contribution < -0.4 is 5.32 Å². The maximum absolute atomic E-state index is 11.8. The number of amides is 1. The summed E-state index contributed by atoms with van der Waals surface area (Å²) in [5.41, 5.74) is 2.68. The van der Waals surface area contributed by atoms with E-state index < -0.39 is 6.10 Å². The summed E-state index contributed by atoms with van der Waals surface area (Å²) in [6, 6.07) is -0.255. The van der Waals surface area contributed by atoms with Crippen molar-refractivity contribution in [2.45, 2.75) is 60.6 Å². The van der Waals surface area contributed by atoms with Crippen LogP contribution in [-0.2, 0) is 4.79 Å². The zero-order chi connectivity index (χ0) is 22.4. The van der Waals surface area contributed by atoms with Crippen LogP contribution in [0.25, 0.3) is 0 Å². The number of aliphatic hydroxyl groups is 2. The highest BCUT2D eigenvalue weighted by Gasteiger charge is 2.13. The van der Waals surface area contributed by atoms with Gasteiger partial charge >= 0.3 is 0 Å². The molecule has 162 valence electrons. The molecule has 0 rings (SSSR count). The zero-order valence-electron chi connectivity index (χ0n) is 19.0. The Labute approximate surface area is 177 Å². The Morgan fingerprint density at radius 3 is 2.10 bits per heavy atom. The predicted molar refractivity (Wildman–Crippen MR) is 123 cm³/mol. The highest BCUT2D eigenvalue weighted by molar-refractivity contribution is 5.93. The van der Waals surface area contributed by atoms with Gasteiger partial charge in [0, 0.05) is 17.5 Å². The Hall–Kier alpha value is -2.17. The fourth-order valence-corrected chi connectivity index (χ4v) is 2.66. The smallest absolute Gasteiger partial charge is 0.247 e. The molecule has 0 aliphatic carbocycles. The van der Waals surface area contributed by atoms with E-state index in [9.17, 15) is 9.90 Å². The van der Waals surface area contributed by atoms with E-state index in [4.69, 9.17) is 5.11 Å². The van der Waals surface area contributed by atoms with Crippen molar-refractivity contribution in [2.24, 2.45) is 11.8 Å². The van der Waals surface area contributed by atoms with Crippen molar-refractivity contribution in [1.29, 1.82) is 0 Å². The van der Waals surface area contributed by atoms with E-state index in [2.05, 4.69) is 31.3 Å². The third-order valence-corrected chi connectivity index (χ3v) is 4.25. The van der Waals surface area contributed by atoms with Gasteiger partial charge in [-0.15, -0.1) is 0 Å². The molecular formula is C25H39NO3. The molecule has 1 amide bonds. The molecule has 3 N–H and O–H groups in total. The number of allylic oxidation sites excluding steroid dienone is 9. The number of carbonyl (C=O) groups is 1. The Morgan fingerprint density at radius 1 is 0.931 bits per heavy atom. The van der Waals surface area contributed by atoms with Crippen molar-refractivity contribution in [1.82, 2.24) is 5.32 Å². The number of rotatable bonds is 11. The molecule has 0 aromatic heterocycles. The monoisotopic (exact) mass is 401 g/mol. The van der Waals surface area contributed by atoms with E-state index in [-0.39, 0.29) is 24.5 Å². The molecule has 0 heterocycles. The first-order valence-electron chi connectivity index (χ1n) is 10.2. The lowest BCUT2D eigenvalue weighted by Gasteiger charge is -2.18. The maximum Gasteiger partial charge on any atom is 0.247 e. The van der Waals surface area contributed by atoms with E-state index >= 15 is 0 Å². The molecule has 0 aliphatic rings. The molecule has 0 bridgehead atoms. The quantitative estimate of drug-likeness (QED) is 0.268. The highest BCUT2D eigenvalue weighted by Crippen LogP contribution is 2.17. The minimum atomic E-state index is -0.466. The summed E-state index contributed by atoms with van der Waals surface area (Å²) in [6.45, 7) is 13.6. The Balaban J connectivity index is 4.65. The van der Waals surface area contributed by atoms with Crippen LogP contribution in [0, 0.1) is 11.8 Å². The van der Waals surface area contributed by atoms with Gasteiger partial charge in [-0.2, -0.15) is 0 Å². The van der Waals surface area contributed by atoms with E-state index in [1.54, 1.807) is 26.0 Å². The molecule has 3 unspecified atom stereocenters. The summed E-state index contributed by atoms with van der Waals surface area (Å²) < 4.78 is 0. The number of nitrogens with one attached hydrogen (secondary N) is 1. The fraction of sp³-hybridized carbons (Fsp3) is 0.480. The van der Waals surface area contributed by atoms with E-state index in [1.807, 2.05) is 51.2 Å². The van der Waals surface area contributed by atoms with Crippen molar-refractivity contribution >= 4 is 5.91 Å². The summed E-state index contributed by atoms with van der Waals surface area (Å²) >= 11 is 0. The summed E-state index contributed by atoms with van der Waals surface area (Å²) in [4.78, 5) is 11.8. The van der Waals surface area contributed by atoms with Gasteiger partial charge in [-0.1, -0.05) is 81.0 Å². The fourth-order valence-electron chi connectivity index (χ4n) is 2.66. The van der Waals surface area contributed by atoms with Crippen LogP contribution in [0.5, 0.6) is 0 Å². The van der Waals surface area contributed by atoms with E-state index in [0.29, 0.717) is 11.5 Å². The molecular weight excluding hydrogens is 362 g/mol. The molecule has 0 fully saturated rings. The Bertz CT molecular complexity index is 678. The molecule has 4 heteroatoms. The van der Waals surface area contributed by atoms with Gasteiger partial charge in [0.2, 0.25) is 5.91 Å². The summed E-state index contributed by atoms with van der Waals surface area (Å²) in [5, 5.41) is 22.0. The average Bonchev–Trinajstić information content (AvgIpc) is 2.65. The second-order valence-corrected chi connectivity index (χ2v) is 7.91. The Morgan fingerprint density at radius 2 is 1.52 bits per heavy atom. The van der Waals surface area contributed by atoms with Crippen molar-refractivity contribution in [3.05, 3.63) is 71.4 Å². The molecule has 0 aromatic rings. The maximum atomic E-state index is 11.8. The van der Waals surface area contributed by atoms with Crippen LogP contribution in [-0.4, -0.2) is 34.9 Å². The normalized spacial score (nSPS) is 17.5. The number of hydrogen-bond donors (Lipinski definition) is 3. The summed E-state index contributed by atoms with van der Waals surface area (Å²) in [6.07, 6.45) is 16.8. The van der Waals surface area contributed by atoms with Gasteiger partial charge in [-0.05, 0) is 39.2 Å². The van der Waals surface area contributed by atoms with Crippen LogP contribution in [0.1, 0.15) is 48.5 Å². The molecule has 4 nitrogen and oxygen atoms in total. The summed E-state index contributed by atoms with van der Waals surface area (Å²) in [5.74, 6) is 0.291. The van der Waals surface area contributed by atoms with Crippen LogP contribution in [0.3, 0.4) is 0 Å². The molecule has 0 radical (unpaired) electrons. The first-order valence-corrected chi connectivity index (χ1v) is 10.2. The molecule has 0 saturated heterocycles. The SMILES string of the molecule is CC(/C=C/C=C\C=C\C=C(/C)C(=O)NC(C)CO)=C\C(C)C(O)/C(C)=C/C(C)C. The van der Waals surface area contributed by atoms with Gasteiger partial charge in [-0.25, -0.2) is 0 Å². The number of hydrogen-bond acceptors (Lipinski definition) is 3. The molecule has 0 spiro atoms. The Kier molecular flexibility index (Phi) is 13.7. The van der Waals surface area contributed by atoms with Gasteiger partial charge in [-0.3, -0.25) is 4.79 Å². The van der Waals surface area contributed by atoms with Crippen molar-refractivity contribution in [2.75, 3.05) is 6.61 Å². The highest BCUT2D eigenvalue weighted by atomic mass is 16.3. The zero-order valence-corrected chi connectivity index (χ0v) is 19.0. The molecule has 3 atom stereocenters. The van der Waals surface area contributed by atoms with Crippen LogP contribution in [0.15, 0.2) is 71.4 Å². The first kappa shape index (κ1) is 26.8. The van der Waals surface area contributed by atoms with Gasteiger partial charge in [0.25, 0.3) is 0 Å². The van der Waals surface area contributed by atoms with E-state index in [0.717, 1.165) is 11.1 Å². The topological polar surface area (TPSA) is 69.6 Å². The number of aliphatic hydroxyl groups excluding tert-OH is 2. The van der Waals surface area contributed by atoms with Crippen molar-refractivity contribution < 1.29 is 15.0 Å². The third kappa shape index (κ3) is 12.8. The molecule has 29 heavy (non-hydrogen) atoms. The van der Waals surface area contributed by atoms with Crippen molar-refractivity contribution in [3.8, 4) is 0 Å². The van der Waals surface area contributed by atoms with Crippen molar-refractivity contribution in [3.63, 3.8) is 0 Å². The largest absolute Gasteiger partial charge is 0.394 e. The lowest BCUT2D eigenvalue weighted by molar-refractivity contribution is -0.118. The standard InChI is InChI=1S/C25H39NO3/c1-18(2)15-21(5)24(28)22(6)16-19(3)13-11-9-8-10-12-14-20(4)25(29)26-23(7)17-27/h8-16,18,22-24,27-28H,17H2,1-7H3,(H,26,29)/b9-8-,12-10+,13-11+,19-16+,20-14+,21-15+. The summed E-state index contributed by atoms with van der Waals surface area (Å²) in [7, 11) is 0. The molecule has 0 aromatic carbocycles. The average molecular weight is 402 g/mol.